The van der Waals surface area contributed by atoms with Crippen molar-refractivity contribution >= 4 is 8.80 Å². The minimum Gasteiger partial charge on any atom is -0.206 e. The summed E-state index contributed by atoms with van der Waals surface area (Å²) in [5, 5.41) is 0. The normalized spacial score (nSPS) is 26.5. The molecular formula is C27H41F5Si. The lowest BCUT2D eigenvalue weighted by atomic mass is 9.73. The van der Waals surface area contributed by atoms with Crippen LogP contribution in [0.4, 0.5) is 22.0 Å². The van der Waals surface area contributed by atoms with Crippen molar-refractivity contribution in [1.82, 2.24) is 0 Å². The largest absolute Gasteiger partial charge is 0.422 e. The van der Waals surface area contributed by atoms with Crippen molar-refractivity contribution in [3.63, 3.8) is 0 Å². The van der Waals surface area contributed by atoms with Gasteiger partial charge in [-0.2, -0.15) is 13.2 Å². The fraction of sp³-hybridized carbons (Fsp3) is 0.778. The minimum atomic E-state index is -5.00. The third-order valence-electron chi connectivity index (χ3n) is 8.38. The zero-order chi connectivity index (χ0) is 23.8. The van der Waals surface area contributed by atoms with Crippen molar-refractivity contribution in [2.75, 3.05) is 0 Å². The molecule has 2 fully saturated rings. The third-order valence-corrected chi connectivity index (χ3v) is 11.9. The average molecular weight is 489 g/mol. The van der Waals surface area contributed by atoms with Crippen LogP contribution in [-0.2, 0) is 12.6 Å². The molecule has 1 aliphatic carbocycles. The molecule has 0 spiro atoms. The molecule has 0 amide bonds. The monoisotopic (exact) mass is 488 g/mol. The Labute approximate surface area is 198 Å². The smallest absolute Gasteiger partial charge is 0.206 e. The van der Waals surface area contributed by atoms with Gasteiger partial charge in [0.05, 0.1) is 0 Å². The molecule has 0 nitrogen and oxygen atoms in total. The number of rotatable bonds is 10. The van der Waals surface area contributed by atoms with Gasteiger partial charge >= 0.3 is 6.18 Å². The van der Waals surface area contributed by atoms with E-state index in [4.69, 9.17) is 0 Å². The number of hydrogen-bond donors (Lipinski definition) is 0. The van der Waals surface area contributed by atoms with E-state index < -0.39 is 32.2 Å². The second-order valence-corrected chi connectivity index (χ2v) is 14.2. The van der Waals surface area contributed by atoms with E-state index >= 15 is 0 Å². The average Bonchev–Trinajstić information content (AvgIpc) is 2.76. The van der Waals surface area contributed by atoms with Gasteiger partial charge in [-0.15, -0.1) is 0 Å². The Bertz CT molecular complexity index is 693. The van der Waals surface area contributed by atoms with Crippen molar-refractivity contribution in [2.24, 2.45) is 17.8 Å². The molecule has 1 saturated heterocycles. The van der Waals surface area contributed by atoms with E-state index in [2.05, 4.69) is 6.92 Å². The van der Waals surface area contributed by atoms with Gasteiger partial charge in [-0.1, -0.05) is 82.8 Å². The summed E-state index contributed by atoms with van der Waals surface area (Å²) >= 11 is 0. The first-order valence-electron chi connectivity index (χ1n) is 13.3. The molecule has 2 aliphatic rings. The van der Waals surface area contributed by atoms with Crippen LogP contribution in [0.2, 0.25) is 18.1 Å². The van der Waals surface area contributed by atoms with Crippen LogP contribution in [0, 0.1) is 29.4 Å². The minimum absolute atomic E-state index is 0.315. The Morgan fingerprint density at radius 2 is 1.42 bits per heavy atom. The quantitative estimate of drug-likeness (QED) is 0.175. The number of benzene rings is 1. The maximum absolute atomic E-state index is 13.7. The summed E-state index contributed by atoms with van der Waals surface area (Å²) in [6, 6.07) is 6.40. The zero-order valence-electron chi connectivity index (χ0n) is 20.2. The number of unbranched alkanes of at least 4 members (excludes halogenated alkanes) is 3. The SMILES string of the molecule is CCCCC[SiH]1CCC([C@H]2CC[C@H](CCCCc3cc(F)c(C(F)(F)F)c(F)c3)CC2)CC1. The fourth-order valence-electron chi connectivity index (χ4n) is 6.38. The first-order chi connectivity index (χ1) is 15.8. The first-order valence-corrected chi connectivity index (χ1v) is 15.8. The predicted octanol–water partition coefficient (Wildman–Crippen LogP) is 9.33. The standard InChI is InChI=1S/C27H41F5Si/c1-2-3-6-15-33-16-13-23(14-17-33)22-11-9-20(10-12-22)7-4-5-8-21-18-24(28)26(25(29)19-21)27(30,31)32/h18-20,22-23,33H,2-17H2,1H3/t20-,22-,23?,33?. The lowest BCUT2D eigenvalue weighted by Crippen LogP contribution is -2.28. The van der Waals surface area contributed by atoms with Crippen LogP contribution in [0.25, 0.3) is 0 Å². The number of alkyl halides is 3. The van der Waals surface area contributed by atoms with E-state index in [0.29, 0.717) is 12.0 Å². The topological polar surface area (TPSA) is 0 Å². The Hall–Kier alpha value is -0.913. The van der Waals surface area contributed by atoms with E-state index in [1.165, 1.54) is 57.8 Å². The maximum Gasteiger partial charge on any atom is 0.422 e. The molecule has 1 saturated carbocycles. The molecule has 188 valence electrons. The highest BCUT2D eigenvalue weighted by Gasteiger charge is 2.38. The van der Waals surface area contributed by atoms with Crippen molar-refractivity contribution in [3.05, 3.63) is 34.9 Å². The zero-order valence-corrected chi connectivity index (χ0v) is 21.3. The van der Waals surface area contributed by atoms with Gasteiger partial charge in [0.2, 0.25) is 0 Å². The van der Waals surface area contributed by atoms with E-state index in [1.807, 2.05) is 0 Å². The van der Waals surface area contributed by atoms with E-state index in [1.54, 1.807) is 18.1 Å². The summed E-state index contributed by atoms with van der Waals surface area (Å²) in [6.45, 7) is 2.29. The predicted molar refractivity (Wildman–Crippen MR) is 128 cm³/mol. The van der Waals surface area contributed by atoms with Crippen molar-refractivity contribution in [2.45, 2.75) is 115 Å². The van der Waals surface area contributed by atoms with Crippen LogP contribution in [-0.4, -0.2) is 8.80 Å². The summed E-state index contributed by atoms with van der Waals surface area (Å²) in [7, 11) is -0.429. The molecule has 0 atom stereocenters. The highest BCUT2D eigenvalue weighted by atomic mass is 28.3. The Morgan fingerprint density at radius 1 is 0.818 bits per heavy atom. The highest BCUT2D eigenvalue weighted by molar-refractivity contribution is 6.58. The molecule has 1 aromatic rings. The molecule has 1 heterocycles. The van der Waals surface area contributed by atoms with Crippen LogP contribution < -0.4 is 0 Å². The fourth-order valence-corrected chi connectivity index (χ4v) is 9.91. The second kappa shape index (κ2) is 12.7. The molecule has 1 aliphatic heterocycles. The molecule has 0 unspecified atom stereocenters. The number of aryl methyl sites for hydroxylation is 1. The van der Waals surface area contributed by atoms with Gasteiger partial charge in [0.25, 0.3) is 0 Å². The van der Waals surface area contributed by atoms with Gasteiger partial charge in [-0.25, -0.2) is 8.78 Å². The lowest BCUT2D eigenvalue weighted by molar-refractivity contribution is -0.142. The van der Waals surface area contributed by atoms with Crippen molar-refractivity contribution < 1.29 is 22.0 Å². The van der Waals surface area contributed by atoms with Crippen LogP contribution in [0.15, 0.2) is 12.1 Å². The Morgan fingerprint density at radius 3 is 2.00 bits per heavy atom. The van der Waals surface area contributed by atoms with Gasteiger partial charge in [0.1, 0.15) is 17.2 Å². The van der Waals surface area contributed by atoms with Crippen LogP contribution in [0.5, 0.6) is 0 Å². The molecule has 0 radical (unpaired) electrons. The van der Waals surface area contributed by atoms with E-state index in [0.717, 1.165) is 49.1 Å². The van der Waals surface area contributed by atoms with Crippen LogP contribution >= 0.6 is 0 Å². The molecular weight excluding hydrogens is 447 g/mol. The van der Waals surface area contributed by atoms with Gasteiger partial charge in [0.15, 0.2) is 0 Å². The lowest BCUT2D eigenvalue weighted by Gasteiger charge is -2.37. The molecule has 33 heavy (non-hydrogen) atoms. The van der Waals surface area contributed by atoms with Crippen molar-refractivity contribution in [3.8, 4) is 0 Å². The van der Waals surface area contributed by atoms with E-state index in [9.17, 15) is 22.0 Å². The molecule has 1 aromatic carbocycles. The summed E-state index contributed by atoms with van der Waals surface area (Å²) in [6.07, 6.45) is 10.7. The van der Waals surface area contributed by atoms with Gasteiger partial charge in [-0.3, -0.25) is 0 Å². The molecule has 6 heteroatoms. The third kappa shape index (κ3) is 8.07. The summed E-state index contributed by atoms with van der Waals surface area (Å²) < 4.78 is 65.5. The van der Waals surface area contributed by atoms with Crippen LogP contribution in [0.1, 0.15) is 95.1 Å². The molecule has 0 bridgehead atoms. The summed E-state index contributed by atoms with van der Waals surface area (Å²) in [5.74, 6) is -0.390. The van der Waals surface area contributed by atoms with Gasteiger partial charge in [0, 0.05) is 8.80 Å². The van der Waals surface area contributed by atoms with E-state index in [-0.39, 0.29) is 0 Å². The first kappa shape index (κ1) is 26.7. The summed E-state index contributed by atoms with van der Waals surface area (Å²) in [4.78, 5) is 0. The molecule has 0 N–H and O–H groups in total. The van der Waals surface area contributed by atoms with Crippen LogP contribution in [0.3, 0.4) is 0 Å². The van der Waals surface area contributed by atoms with Gasteiger partial charge in [-0.05, 0) is 61.1 Å². The number of halogens is 5. The highest BCUT2D eigenvalue weighted by Crippen LogP contribution is 2.42. The second-order valence-electron chi connectivity index (χ2n) is 10.7. The maximum atomic E-state index is 13.7. The molecule has 3 rings (SSSR count). The van der Waals surface area contributed by atoms with Crippen molar-refractivity contribution in [1.29, 1.82) is 0 Å². The Balaban J connectivity index is 1.32. The number of hydrogen-bond acceptors (Lipinski definition) is 0. The summed E-state index contributed by atoms with van der Waals surface area (Å²) in [5.41, 5.74) is -1.47. The van der Waals surface area contributed by atoms with Gasteiger partial charge < -0.3 is 0 Å². The Kier molecular flexibility index (Phi) is 10.3. The molecule has 0 aromatic heterocycles.